The molecule has 2 aromatic rings. The summed E-state index contributed by atoms with van der Waals surface area (Å²) in [6, 6.07) is 5.82. The molecule has 1 aromatic carbocycles. The fraction of sp³-hybridized carbons (Fsp3) is 0.455. The number of carbonyl (C=O) groups is 3. The number of carboxylic acid groups (broad SMARTS) is 2. The van der Waals surface area contributed by atoms with Gasteiger partial charge in [0.1, 0.15) is 0 Å². The number of anilines is 2. The number of carbonyl (C=O) groups excluding carboxylic acids is 1. The number of rotatable bonds is 12. The third-order valence-electron chi connectivity index (χ3n) is 5.34. The molecule has 0 radical (unpaired) electrons. The molecule has 1 aliphatic rings. The predicted octanol–water partition coefficient (Wildman–Crippen LogP) is 3.28. The Kier molecular flexibility index (Phi) is 8.18. The van der Waals surface area contributed by atoms with Crippen molar-refractivity contribution in [3.63, 3.8) is 0 Å². The van der Waals surface area contributed by atoms with Gasteiger partial charge in [0.2, 0.25) is 0 Å². The Morgan fingerprint density at radius 3 is 2.47 bits per heavy atom. The van der Waals surface area contributed by atoms with Gasteiger partial charge >= 0.3 is 11.9 Å². The van der Waals surface area contributed by atoms with Crippen LogP contribution < -0.4 is 10.6 Å². The fourth-order valence-electron chi connectivity index (χ4n) is 3.88. The standard InChI is InChI=1S/C22H28N4O5S/c1-14-6-7-18(17(8-14)21(31)15-4-2-3-5-15)23-13-24-22-25-16(12-32-22)9-26(10-19(27)28)11-20(29)30/h6-8,12,15,23H,2-5,9-11,13H2,1H3,(H,24,25)(H,27,28)(H,29,30). The zero-order valence-electron chi connectivity index (χ0n) is 18.0. The van der Waals surface area contributed by atoms with Gasteiger partial charge < -0.3 is 20.8 Å². The maximum atomic E-state index is 13.0. The van der Waals surface area contributed by atoms with Gasteiger partial charge in [-0.2, -0.15) is 0 Å². The van der Waals surface area contributed by atoms with Crippen LogP contribution in [0.15, 0.2) is 23.6 Å². The Morgan fingerprint density at radius 1 is 1.12 bits per heavy atom. The minimum Gasteiger partial charge on any atom is -0.480 e. The number of hydrogen-bond acceptors (Lipinski definition) is 8. The van der Waals surface area contributed by atoms with Crippen molar-refractivity contribution in [2.45, 2.75) is 39.2 Å². The lowest BCUT2D eigenvalue weighted by Gasteiger charge is -2.16. The summed E-state index contributed by atoms with van der Waals surface area (Å²) in [7, 11) is 0. The number of Topliss-reactive ketones (excluding diaryl/α,β-unsaturated/α-hetero) is 1. The minimum atomic E-state index is -1.09. The van der Waals surface area contributed by atoms with Crippen LogP contribution in [-0.2, 0) is 16.1 Å². The Morgan fingerprint density at radius 2 is 1.81 bits per heavy atom. The number of aromatic nitrogens is 1. The minimum absolute atomic E-state index is 0.103. The summed E-state index contributed by atoms with van der Waals surface area (Å²) >= 11 is 1.35. The van der Waals surface area contributed by atoms with Gasteiger partial charge in [0, 0.05) is 29.1 Å². The summed E-state index contributed by atoms with van der Waals surface area (Å²) < 4.78 is 0. The van der Waals surface area contributed by atoms with Gasteiger partial charge in [-0.05, 0) is 31.9 Å². The van der Waals surface area contributed by atoms with E-state index in [9.17, 15) is 14.4 Å². The van der Waals surface area contributed by atoms with Gasteiger partial charge in [-0.3, -0.25) is 19.3 Å². The highest BCUT2D eigenvalue weighted by Gasteiger charge is 2.25. The third kappa shape index (κ3) is 6.76. The molecular formula is C22H28N4O5S. The van der Waals surface area contributed by atoms with Crippen molar-refractivity contribution in [1.82, 2.24) is 9.88 Å². The molecule has 172 valence electrons. The quantitative estimate of drug-likeness (QED) is 0.278. The molecule has 0 atom stereocenters. The second-order valence-corrected chi connectivity index (χ2v) is 8.86. The van der Waals surface area contributed by atoms with Crippen LogP contribution in [0, 0.1) is 12.8 Å². The lowest BCUT2D eigenvalue weighted by atomic mass is 9.94. The smallest absolute Gasteiger partial charge is 0.317 e. The van der Waals surface area contributed by atoms with Crippen molar-refractivity contribution in [1.29, 1.82) is 0 Å². The highest BCUT2D eigenvalue weighted by Crippen LogP contribution is 2.31. The lowest BCUT2D eigenvalue weighted by Crippen LogP contribution is -2.34. The van der Waals surface area contributed by atoms with Crippen LogP contribution in [0.3, 0.4) is 0 Å². The molecule has 0 spiro atoms. The summed E-state index contributed by atoms with van der Waals surface area (Å²) in [4.78, 5) is 40.5. The van der Waals surface area contributed by atoms with Crippen molar-refractivity contribution in [2.24, 2.45) is 5.92 Å². The van der Waals surface area contributed by atoms with E-state index >= 15 is 0 Å². The Bertz CT molecular complexity index is 955. The average Bonchev–Trinajstić information content (AvgIpc) is 3.40. The van der Waals surface area contributed by atoms with Crippen molar-refractivity contribution >= 4 is 39.9 Å². The molecule has 10 heteroatoms. The van der Waals surface area contributed by atoms with Crippen molar-refractivity contribution < 1.29 is 24.6 Å². The number of aliphatic carboxylic acids is 2. The van der Waals surface area contributed by atoms with Crippen molar-refractivity contribution in [3.8, 4) is 0 Å². The van der Waals surface area contributed by atoms with E-state index in [4.69, 9.17) is 10.2 Å². The maximum Gasteiger partial charge on any atom is 0.317 e. The molecule has 3 rings (SSSR count). The second kappa shape index (κ2) is 11.1. The van der Waals surface area contributed by atoms with Gasteiger partial charge in [-0.1, -0.05) is 24.5 Å². The van der Waals surface area contributed by atoms with E-state index in [0.29, 0.717) is 17.5 Å². The van der Waals surface area contributed by atoms with Crippen LogP contribution in [0.2, 0.25) is 0 Å². The average molecular weight is 461 g/mol. The molecule has 1 aromatic heterocycles. The summed E-state index contributed by atoms with van der Waals surface area (Å²) in [5.74, 6) is -1.89. The zero-order chi connectivity index (χ0) is 23.1. The molecule has 1 saturated carbocycles. The molecule has 0 bridgehead atoms. The molecule has 0 aliphatic heterocycles. The normalized spacial score (nSPS) is 13.9. The van der Waals surface area contributed by atoms with Crippen molar-refractivity contribution in [3.05, 3.63) is 40.4 Å². The number of hydrogen-bond donors (Lipinski definition) is 4. The van der Waals surface area contributed by atoms with Crippen LogP contribution in [0.5, 0.6) is 0 Å². The number of carboxylic acids is 2. The SMILES string of the molecule is Cc1ccc(NCNc2nc(CN(CC(=O)O)CC(=O)O)cs2)c(C(=O)C2CCCC2)c1. The van der Waals surface area contributed by atoms with Crippen LogP contribution in [0.1, 0.15) is 47.3 Å². The molecule has 1 fully saturated rings. The molecule has 0 amide bonds. The number of thiazole rings is 1. The molecule has 1 aliphatic carbocycles. The van der Waals surface area contributed by atoms with E-state index in [1.165, 1.54) is 16.2 Å². The number of ketones is 1. The Hall–Kier alpha value is -2.98. The number of nitrogens with zero attached hydrogens (tertiary/aromatic N) is 2. The first-order chi connectivity index (χ1) is 15.3. The topological polar surface area (TPSA) is 132 Å². The first-order valence-electron chi connectivity index (χ1n) is 10.5. The molecular weight excluding hydrogens is 432 g/mol. The number of aryl methyl sites for hydroxylation is 1. The Balaban J connectivity index is 1.58. The Labute approximate surface area is 190 Å². The molecule has 9 nitrogen and oxygen atoms in total. The summed E-state index contributed by atoms with van der Waals surface area (Å²) in [5.41, 5.74) is 3.14. The van der Waals surface area contributed by atoms with Gasteiger partial charge in [0.15, 0.2) is 10.9 Å². The van der Waals surface area contributed by atoms with E-state index in [1.54, 1.807) is 5.38 Å². The molecule has 0 saturated heterocycles. The predicted molar refractivity (Wildman–Crippen MR) is 122 cm³/mol. The van der Waals surface area contributed by atoms with Gasteiger partial charge in [-0.25, -0.2) is 4.98 Å². The maximum absolute atomic E-state index is 13.0. The highest BCUT2D eigenvalue weighted by molar-refractivity contribution is 7.13. The van der Waals surface area contributed by atoms with Crippen molar-refractivity contribution in [2.75, 3.05) is 30.4 Å². The van der Waals surface area contributed by atoms with Crippen LogP contribution in [0.25, 0.3) is 0 Å². The van der Waals surface area contributed by atoms with Crippen LogP contribution in [-0.4, -0.2) is 57.6 Å². The third-order valence-corrected chi connectivity index (χ3v) is 6.19. The summed E-state index contributed by atoms with van der Waals surface area (Å²) in [6.45, 7) is 1.71. The first-order valence-corrected chi connectivity index (χ1v) is 11.4. The number of nitrogens with one attached hydrogen (secondary N) is 2. The van der Waals surface area contributed by atoms with E-state index < -0.39 is 11.9 Å². The fourth-order valence-corrected chi connectivity index (χ4v) is 4.58. The highest BCUT2D eigenvalue weighted by atomic mass is 32.1. The largest absolute Gasteiger partial charge is 0.480 e. The number of benzene rings is 1. The van der Waals surface area contributed by atoms with Crippen LogP contribution in [0.4, 0.5) is 10.8 Å². The lowest BCUT2D eigenvalue weighted by molar-refractivity contribution is -0.142. The molecule has 1 heterocycles. The van der Waals surface area contributed by atoms with E-state index in [2.05, 4.69) is 15.6 Å². The second-order valence-electron chi connectivity index (χ2n) is 8.00. The summed E-state index contributed by atoms with van der Waals surface area (Å²) in [6.07, 6.45) is 4.12. The van der Waals surface area contributed by atoms with Gasteiger partial charge in [0.25, 0.3) is 0 Å². The molecule has 4 N–H and O–H groups in total. The first kappa shape index (κ1) is 23.7. The van der Waals surface area contributed by atoms with Crippen LogP contribution >= 0.6 is 11.3 Å². The molecule has 0 unspecified atom stereocenters. The zero-order valence-corrected chi connectivity index (χ0v) is 18.8. The van der Waals surface area contributed by atoms with E-state index in [-0.39, 0.29) is 31.3 Å². The molecule has 32 heavy (non-hydrogen) atoms. The van der Waals surface area contributed by atoms with Gasteiger partial charge in [-0.15, -0.1) is 11.3 Å². The van der Waals surface area contributed by atoms with E-state index in [0.717, 1.165) is 42.5 Å². The summed E-state index contributed by atoms with van der Waals surface area (Å²) in [5, 5.41) is 26.7. The monoisotopic (exact) mass is 460 g/mol. The van der Waals surface area contributed by atoms with Gasteiger partial charge in [0.05, 0.1) is 25.5 Å². The van der Waals surface area contributed by atoms with E-state index in [1.807, 2.05) is 25.1 Å².